The molecule has 1 aromatic carbocycles. The van der Waals surface area contributed by atoms with Crippen molar-refractivity contribution >= 4 is 16.9 Å². The summed E-state index contributed by atoms with van der Waals surface area (Å²) in [5, 5.41) is 0.463. The molecule has 4 rings (SSSR count). The van der Waals surface area contributed by atoms with Crippen LogP contribution in [0.5, 0.6) is 0 Å². The van der Waals surface area contributed by atoms with E-state index in [1.165, 1.54) is 6.07 Å². The van der Waals surface area contributed by atoms with E-state index in [1.54, 1.807) is 35.4 Å². The van der Waals surface area contributed by atoms with Gasteiger partial charge in [0.25, 0.3) is 5.91 Å². The van der Waals surface area contributed by atoms with E-state index >= 15 is 0 Å². The number of morpholine rings is 1. The van der Waals surface area contributed by atoms with E-state index in [0.717, 1.165) is 5.69 Å². The van der Waals surface area contributed by atoms with Crippen LogP contribution in [0.4, 0.5) is 0 Å². The number of ether oxygens (including phenoxy) is 1. The van der Waals surface area contributed by atoms with Gasteiger partial charge >= 0.3 is 0 Å². The number of aromatic nitrogens is 2. The number of H-pyrrole nitrogens is 1. The fraction of sp³-hybridized carbons (Fsp3) is 0.278. The first kappa shape index (κ1) is 15.6. The fourth-order valence-electron chi connectivity index (χ4n) is 2.96. The molecule has 1 aliphatic rings. The van der Waals surface area contributed by atoms with E-state index < -0.39 is 0 Å². The highest BCUT2D eigenvalue weighted by molar-refractivity contribution is 5.93. The van der Waals surface area contributed by atoms with Gasteiger partial charge in [-0.2, -0.15) is 0 Å². The number of benzene rings is 1. The number of amides is 1. The SMILES string of the molecule is Cc1cnc([C@H]2CN(C(=O)c3cc(=O)c4ccccc4o3)CCO2)[nH]1. The van der Waals surface area contributed by atoms with E-state index in [0.29, 0.717) is 36.5 Å². The largest absolute Gasteiger partial charge is 0.451 e. The molecule has 0 bridgehead atoms. The Kier molecular flexibility index (Phi) is 3.85. The number of imidazole rings is 1. The minimum Gasteiger partial charge on any atom is -0.451 e. The average Bonchev–Trinajstić information content (AvgIpc) is 3.08. The highest BCUT2D eigenvalue weighted by Gasteiger charge is 2.29. The van der Waals surface area contributed by atoms with Crippen LogP contribution in [0, 0.1) is 6.92 Å². The Bertz CT molecular complexity index is 991. The first-order valence-electron chi connectivity index (χ1n) is 8.07. The topological polar surface area (TPSA) is 88.4 Å². The molecule has 3 heterocycles. The Hall–Kier alpha value is -2.93. The summed E-state index contributed by atoms with van der Waals surface area (Å²) in [6, 6.07) is 8.15. The lowest BCUT2D eigenvalue weighted by atomic mass is 10.2. The highest BCUT2D eigenvalue weighted by Crippen LogP contribution is 2.21. The summed E-state index contributed by atoms with van der Waals surface area (Å²) in [7, 11) is 0. The number of carbonyl (C=O) groups is 1. The third-order valence-corrected chi connectivity index (χ3v) is 4.23. The number of rotatable bonds is 2. The van der Waals surface area contributed by atoms with Crippen LogP contribution >= 0.6 is 0 Å². The van der Waals surface area contributed by atoms with Crippen LogP contribution in [0.3, 0.4) is 0 Å². The summed E-state index contributed by atoms with van der Waals surface area (Å²) in [6.45, 7) is 3.09. The van der Waals surface area contributed by atoms with Gasteiger partial charge in [0.1, 0.15) is 17.5 Å². The molecule has 7 heteroatoms. The summed E-state index contributed by atoms with van der Waals surface area (Å²) in [6.07, 6.45) is 1.40. The lowest BCUT2D eigenvalue weighted by molar-refractivity contribution is -0.0273. The normalized spacial score (nSPS) is 17.8. The number of fused-ring (bicyclic) bond motifs is 1. The number of carbonyl (C=O) groups excluding carboxylic acids is 1. The number of aryl methyl sites for hydroxylation is 1. The van der Waals surface area contributed by atoms with E-state index in [1.807, 2.05) is 6.92 Å². The van der Waals surface area contributed by atoms with Gasteiger partial charge in [0.15, 0.2) is 11.2 Å². The molecule has 0 radical (unpaired) electrons. The molecule has 1 atom stereocenters. The standard InChI is InChI=1S/C18H17N3O4/c1-11-9-19-17(20-11)16-10-21(6-7-24-16)18(23)15-8-13(22)12-4-2-3-5-14(12)25-15/h2-5,8-9,16H,6-7,10H2,1H3,(H,19,20)/t16-/m1/s1. The molecule has 0 unspecified atom stereocenters. The first-order chi connectivity index (χ1) is 12.1. The van der Waals surface area contributed by atoms with Crippen molar-refractivity contribution < 1.29 is 13.9 Å². The quantitative estimate of drug-likeness (QED) is 0.772. The summed E-state index contributed by atoms with van der Waals surface area (Å²) in [5.74, 6) is 0.411. The van der Waals surface area contributed by atoms with Crippen LogP contribution < -0.4 is 5.43 Å². The molecule has 0 aliphatic carbocycles. The Balaban J connectivity index is 1.61. The van der Waals surface area contributed by atoms with Crippen molar-refractivity contribution in [3.63, 3.8) is 0 Å². The summed E-state index contributed by atoms with van der Waals surface area (Å²) in [4.78, 5) is 34.0. The second-order valence-corrected chi connectivity index (χ2v) is 6.03. The van der Waals surface area contributed by atoms with Crippen LogP contribution in [0.15, 0.2) is 45.7 Å². The molecule has 0 spiro atoms. The van der Waals surface area contributed by atoms with Gasteiger partial charge in [-0.1, -0.05) is 12.1 Å². The molecule has 2 aromatic heterocycles. The molecule has 25 heavy (non-hydrogen) atoms. The lowest BCUT2D eigenvalue weighted by Crippen LogP contribution is -2.42. The minimum atomic E-state index is -0.321. The third-order valence-electron chi connectivity index (χ3n) is 4.23. The zero-order chi connectivity index (χ0) is 17.4. The van der Waals surface area contributed by atoms with Gasteiger partial charge in [-0.15, -0.1) is 0 Å². The zero-order valence-electron chi connectivity index (χ0n) is 13.7. The van der Waals surface area contributed by atoms with E-state index in [9.17, 15) is 9.59 Å². The van der Waals surface area contributed by atoms with Crippen molar-refractivity contribution in [2.24, 2.45) is 0 Å². The highest BCUT2D eigenvalue weighted by atomic mass is 16.5. The van der Waals surface area contributed by atoms with Gasteiger partial charge < -0.3 is 19.0 Å². The van der Waals surface area contributed by atoms with Gasteiger partial charge in [-0.3, -0.25) is 9.59 Å². The van der Waals surface area contributed by atoms with Crippen molar-refractivity contribution in [3.8, 4) is 0 Å². The van der Waals surface area contributed by atoms with Crippen molar-refractivity contribution in [1.29, 1.82) is 0 Å². The molecule has 1 N–H and O–H groups in total. The minimum absolute atomic E-state index is 0.0416. The summed E-state index contributed by atoms with van der Waals surface area (Å²) >= 11 is 0. The van der Waals surface area contributed by atoms with Crippen LogP contribution in [0.1, 0.15) is 28.2 Å². The first-order valence-corrected chi connectivity index (χ1v) is 8.07. The van der Waals surface area contributed by atoms with Gasteiger partial charge in [-0.25, -0.2) is 4.98 Å². The predicted octanol–water partition coefficient (Wildman–Crippen LogP) is 2.04. The molecule has 1 aliphatic heterocycles. The predicted molar refractivity (Wildman–Crippen MR) is 90.4 cm³/mol. The van der Waals surface area contributed by atoms with E-state index in [4.69, 9.17) is 9.15 Å². The zero-order valence-corrected chi connectivity index (χ0v) is 13.7. The molecule has 1 fully saturated rings. The van der Waals surface area contributed by atoms with Crippen LogP contribution in [0.2, 0.25) is 0 Å². The number of nitrogens with one attached hydrogen (secondary N) is 1. The maximum absolute atomic E-state index is 12.8. The molecule has 7 nitrogen and oxygen atoms in total. The molecule has 1 saturated heterocycles. The third kappa shape index (κ3) is 2.94. The average molecular weight is 339 g/mol. The Morgan fingerprint density at radius 2 is 2.20 bits per heavy atom. The number of nitrogens with zero attached hydrogens (tertiary/aromatic N) is 2. The monoisotopic (exact) mass is 339 g/mol. The molecular formula is C18H17N3O4. The van der Waals surface area contributed by atoms with Gasteiger partial charge in [0.05, 0.1) is 18.5 Å². The van der Waals surface area contributed by atoms with Crippen LogP contribution in [-0.2, 0) is 4.74 Å². The number of hydrogen-bond donors (Lipinski definition) is 1. The number of hydrogen-bond acceptors (Lipinski definition) is 5. The number of para-hydroxylation sites is 1. The molecular weight excluding hydrogens is 322 g/mol. The van der Waals surface area contributed by atoms with Gasteiger partial charge in [0.2, 0.25) is 0 Å². The van der Waals surface area contributed by atoms with Crippen molar-refractivity contribution in [2.45, 2.75) is 13.0 Å². The van der Waals surface area contributed by atoms with Crippen LogP contribution in [-0.4, -0.2) is 40.5 Å². The smallest absolute Gasteiger partial charge is 0.289 e. The fourth-order valence-corrected chi connectivity index (χ4v) is 2.96. The summed E-state index contributed by atoms with van der Waals surface area (Å²) in [5.41, 5.74) is 1.11. The van der Waals surface area contributed by atoms with Gasteiger partial charge in [0, 0.05) is 24.5 Å². The second-order valence-electron chi connectivity index (χ2n) is 6.03. The van der Waals surface area contributed by atoms with Crippen molar-refractivity contribution in [1.82, 2.24) is 14.9 Å². The van der Waals surface area contributed by atoms with Gasteiger partial charge in [-0.05, 0) is 19.1 Å². The van der Waals surface area contributed by atoms with Crippen LogP contribution in [0.25, 0.3) is 11.0 Å². The Morgan fingerprint density at radius 3 is 3.00 bits per heavy atom. The Labute approximate surface area is 143 Å². The summed E-state index contributed by atoms with van der Waals surface area (Å²) < 4.78 is 11.4. The second kappa shape index (κ2) is 6.18. The molecule has 128 valence electrons. The molecule has 3 aromatic rings. The molecule has 0 saturated carbocycles. The van der Waals surface area contributed by atoms with Crippen molar-refractivity contribution in [2.75, 3.05) is 19.7 Å². The van der Waals surface area contributed by atoms with E-state index in [2.05, 4.69) is 9.97 Å². The maximum atomic E-state index is 12.8. The Morgan fingerprint density at radius 1 is 1.36 bits per heavy atom. The lowest BCUT2D eigenvalue weighted by Gasteiger charge is -2.31. The van der Waals surface area contributed by atoms with Crippen molar-refractivity contribution in [3.05, 3.63) is 64.0 Å². The number of aromatic amines is 1. The molecule has 1 amide bonds. The maximum Gasteiger partial charge on any atom is 0.289 e. The van der Waals surface area contributed by atoms with E-state index in [-0.39, 0.29) is 23.2 Å².